The van der Waals surface area contributed by atoms with Crippen molar-refractivity contribution in [2.75, 3.05) is 6.54 Å². The van der Waals surface area contributed by atoms with Crippen molar-refractivity contribution in [2.24, 2.45) is 0 Å². The zero-order valence-electron chi connectivity index (χ0n) is 11.4. The van der Waals surface area contributed by atoms with Crippen molar-refractivity contribution in [1.29, 1.82) is 0 Å². The summed E-state index contributed by atoms with van der Waals surface area (Å²) < 4.78 is 41.3. The number of rotatable bonds is 7. The van der Waals surface area contributed by atoms with E-state index in [0.717, 1.165) is 13.0 Å². The van der Waals surface area contributed by atoms with Crippen LogP contribution >= 0.6 is 0 Å². The van der Waals surface area contributed by atoms with Gasteiger partial charge in [0.15, 0.2) is 5.82 Å². The first-order valence-corrected chi connectivity index (χ1v) is 6.46. The van der Waals surface area contributed by atoms with Crippen LogP contribution in [0.4, 0.5) is 13.2 Å². The first kappa shape index (κ1) is 15.9. The summed E-state index contributed by atoms with van der Waals surface area (Å²) in [5.74, 6) is 0.467. The molecule has 7 heteroatoms. The molecule has 1 heterocycles. The largest absolute Gasteiger partial charge is 0.389 e. The molecule has 0 saturated carbocycles. The second-order valence-electron chi connectivity index (χ2n) is 4.70. The zero-order valence-corrected chi connectivity index (χ0v) is 11.4. The zero-order chi connectivity index (χ0) is 14.5. The first-order valence-electron chi connectivity index (χ1n) is 6.46. The first-order chi connectivity index (χ1) is 8.83. The van der Waals surface area contributed by atoms with Gasteiger partial charge < -0.3 is 9.84 Å². The third kappa shape index (κ3) is 5.59. The van der Waals surface area contributed by atoms with Crippen molar-refractivity contribution < 1.29 is 17.7 Å². The van der Waals surface area contributed by atoms with Crippen molar-refractivity contribution in [3.05, 3.63) is 11.7 Å². The second kappa shape index (κ2) is 6.88. The molecular formula is C12H20F3N3O. The quantitative estimate of drug-likeness (QED) is 0.833. The summed E-state index contributed by atoms with van der Waals surface area (Å²) in [4.78, 5) is 4.02. The molecule has 0 aliphatic carbocycles. The Labute approximate surface area is 110 Å². The minimum absolute atomic E-state index is 0.0290. The highest BCUT2D eigenvalue weighted by Crippen LogP contribution is 2.22. The fourth-order valence-electron chi connectivity index (χ4n) is 1.57. The molecule has 1 rings (SSSR count). The second-order valence-corrected chi connectivity index (χ2v) is 4.70. The van der Waals surface area contributed by atoms with E-state index in [-0.39, 0.29) is 24.2 Å². The van der Waals surface area contributed by atoms with Crippen molar-refractivity contribution >= 4 is 0 Å². The Morgan fingerprint density at radius 3 is 2.58 bits per heavy atom. The van der Waals surface area contributed by atoms with Crippen LogP contribution in [0.3, 0.4) is 0 Å². The van der Waals surface area contributed by atoms with Gasteiger partial charge in [-0.05, 0) is 19.9 Å². The van der Waals surface area contributed by atoms with E-state index in [1.165, 1.54) is 0 Å². The van der Waals surface area contributed by atoms with E-state index in [9.17, 15) is 13.2 Å². The van der Waals surface area contributed by atoms with Gasteiger partial charge in [0.05, 0.1) is 12.3 Å². The van der Waals surface area contributed by atoms with E-state index in [1.54, 1.807) is 0 Å². The number of hydrogen-bond donors (Lipinski definition) is 1. The lowest BCUT2D eigenvalue weighted by Gasteiger charge is -2.17. The molecule has 0 bridgehead atoms. The van der Waals surface area contributed by atoms with Gasteiger partial charge in [0.2, 0.25) is 5.89 Å². The lowest BCUT2D eigenvalue weighted by Crippen LogP contribution is -2.31. The molecule has 1 aromatic heterocycles. The van der Waals surface area contributed by atoms with E-state index in [4.69, 9.17) is 4.52 Å². The Morgan fingerprint density at radius 1 is 1.32 bits per heavy atom. The molecule has 0 aliphatic heterocycles. The van der Waals surface area contributed by atoms with Crippen LogP contribution in [0.15, 0.2) is 4.52 Å². The number of nitrogens with one attached hydrogen (secondary N) is 1. The van der Waals surface area contributed by atoms with Crippen LogP contribution in [0.1, 0.15) is 51.2 Å². The fraction of sp³-hybridized carbons (Fsp3) is 0.833. The summed E-state index contributed by atoms with van der Waals surface area (Å²) in [6.45, 7) is 6.83. The summed E-state index contributed by atoms with van der Waals surface area (Å²) in [5, 5.41) is 6.88. The predicted molar refractivity (Wildman–Crippen MR) is 64.8 cm³/mol. The third-order valence-electron chi connectivity index (χ3n) is 2.97. The molecular weight excluding hydrogens is 259 g/mol. The molecule has 2 unspecified atom stereocenters. The standard InChI is InChI=1S/C12H20F3N3O/c1-4-7-16-9(3)8(2)11-17-10(18-19-11)5-6-12(13,14)15/h8-9,16H,4-7H2,1-3H3. The topological polar surface area (TPSA) is 51.0 Å². The van der Waals surface area contributed by atoms with E-state index in [0.29, 0.717) is 5.89 Å². The molecule has 1 aromatic rings. The molecule has 1 N–H and O–H groups in total. The summed E-state index contributed by atoms with van der Waals surface area (Å²) in [6, 6.07) is 0.135. The van der Waals surface area contributed by atoms with Gasteiger partial charge in [-0.3, -0.25) is 0 Å². The van der Waals surface area contributed by atoms with E-state index in [2.05, 4.69) is 22.4 Å². The Bertz CT molecular complexity index is 379. The number of halogens is 3. The molecule has 0 amide bonds. The van der Waals surface area contributed by atoms with Gasteiger partial charge in [0.1, 0.15) is 0 Å². The summed E-state index contributed by atoms with van der Waals surface area (Å²) in [5.41, 5.74) is 0. The Kier molecular flexibility index (Phi) is 5.78. The van der Waals surface area contributed by atoms with Crippen LogP contribution < -0.4 is 5.32 Å². The minimum atomic E-state index is -4.19. The average Bonchev–Trinajstić information content (AvgIpc) is 2.80. The van der Waals surface area contributed by atoms with Crippen LogP contribution in [-0.2, 0) is 6.42 Å². The molecule has 0 saturated heterocycles. The highest BCUT2D eigenvalue weighted by Gasteiger charge is 2.28. The Hall–Kier alpha value is -1.11. The number of hydrogen-bond acceptors (Lipinski definition) is 4. The number of aromatic nitrogens is 2. The van der Waals surface area contributed by atoms with Crippen LogP contribution in [0, 0.1) is 0 Å². The lowest BCUT2D eigenvalue weighted by atomic mass is 10.0. The molecule has 19 heavy (non-hydrogen) atoms. The van der Waals surface area contributed by atoms with Crippen LogP contribution in [-0.4, -0.2) is 28.9 Å². The van der Waals surface area contributed by atoms with Gasteiger partial charge in [-0.2, -0.15) is 18.2 Å². The maximum Gasteiger partial charge on any atom is 0.389 e. The number of nitrogens with zero attached hydrogens (tertiary/aromatic N) is 2. The highest BCUT2D eigenvalue weighted by atomic mass is 19.4. The fourth-order valence-corrected chi connectivity index (χ4v) is 1.57. The van der Waals surface area contributed by atoms with E-state index in [1.807, 2.05) is 13.8 Å². The molecule has 0 fully saturated rings. The van der Waals surface area contributed by atoms with Gasteiger partial charge in [-0.15, -0.1) is 0 Å². The highest BCUT2D eigenvalue weighted by molar-refractivity contribution is 4.96. The summed E-state index contributed by atoms with van der Waals surface area (Å²) in [7, 11) is 0. The van der Waals surface area contributed by atoms with E-state index >= 15 is 0 Å². The van der Waals surface area contributed by atoms with Gasteiger partial charge in [-0.1, -0.05) is 19.0 Å². The van der Waals surface area contributed by atoms with Gasteiger partial charge in [0.25, 0.3) is 0 Å². The smallest absolute Gasteiger partial charge is 0.339 e. The molecule has 110 valence electrons. The third-order valence-corrected chi connectivity index (χ3v) is 2.97. The Morgan fingerprint density at radius 2 is 2.00 bits per heavy atom. The number of alkyl halides is 3. The van der Waals surface area contributed by atoms with Gasteiger partial charge in [0, 0.05) is 12.5 Å². The predicted octanol–water partition coefficient (Wildman–Crippen LogP) is 3.06. The van der Waals surface area contributed by atoms with Crippen molar-refractivity contribution in [3.63, 3.8) is 0 Å². The monoisotopic (exact) mass is 279 g/mol. The SMILES string of the molecule is CCCNC(C)C(C)c1nc(CCC(F)(F)F)no1. The van der Waals surface area contributed by atoms with Crippen LogP contribution in [0.5, 0.6) is 0 Å². The maximum absolute atomic E-state index is 12.1. The molecule has 4 nitrogen and oxygen atoms in total. The van der Waals surface area contributed by atoms with Crippen LogP contribution in [0.25, 0.3) is 0 Å². The van der Waals surface area contributed by atoms with Crippen molar-refractivity contribution in [1.82, 2.24) is 15.5 Å². The van der Waals surface area contributed by atoms with E-state index < -0.39 is 12.6 Å². The van der Waals surface area contributed by atoms with Crippen molar-refractivity contribution in [3.8, 4) is 0 Å². The molecule has 0 spiro atoms. The molecule has 2 atom stereocenters. The Balaban J connectivity index is 2.53. The normalized spacial score (nSPS) is 15.5. The molecule has 0 radical (unpaired) electrons. The van der Waals surface area contributed by atoms with Crippen molar-refractivity contribution in [2.45, 2.75) is 58.2 Å². The summed E-state index contributed by atoms with van der Waals surface area (Å²) >= 11 is 0. The van der Waals surface area contributed by atoms with Gasteiger partial charge >= 0.3 is 6.18 Å². The maximum atomic E-state index is 12.1. The average molecular weight is 279 g/mol. The summed E-state index contributed by atoms with van der Waals surface area (Å²) in [6.07, 6.45) is -4.35. The minimum Gasteiger partial charge on any atom is -0.339 e. The number of aryl methyl sites for hydroxylation is 1. The lowest BCUT2D eigenvalue weighted by molar-refractivity contribution is -0.134. The van der Waals surface area contributed by atoms with Crippen LogP contribution in [0.2, 0.25) is 0 Å². The molecule has 0 aliphatic rings. The molecule has 0 aromatic carbocycles. The van der Waals surface area contributed by atoms with Gasteiger partial charge in [-0.25, -0.2) is 0 Å².